The van der Waals surface area contributed by atoms with Crippen molar-refractivity contribution in [3.63, 3.8) is 0 Å². The van der Waals surface area contributed by atoms with Crippen molar-refractivity contribution >= 4 is 5.70 Å². The minimum Gasteiger partial charge on any atom is -0.398 e. The van der Waals surface area contributed by atoms with Crippen LogP contribution < -0.4 is 11.5 Å². The molecular formula is C18H26N4. The zero-order valence-electron chi connectivity index (χ0n) is 13.9. The molecule has 4 nitrogen and oxygen atoms in total. The van der Waals surface area contributed by atoms with Crippen LogP contribution in [0.2, 0.25) is 0 Å². The molecule has 0 saturated carbocycles. The van der Waals surface area contributed by atoms with Gasteiger partial charge in [0.15, 0.2) is 0 Å². The highest BCUT2D eigenvalue weighted by atomic mass is 14.7. The Kier molecular flexibility index (Phi) is 7.26. The Hall–Kier alpha value is -2.20. The number of aromatic nitrogens is 2. The van der Waals surface area contributed by atoms with E-state index in [0.717, 1.165) is 34.6 Å². The van der Waals surface area contributed by atoms with E-state index < -0.39 is 0 Å². The van der Waals surface area contributed by atoms with E-state index in [1.807, 2.05) is 57.3 Å². The molecule has 0 radical (unpaired) electrons. The maximum absolute atomic E-state index is 5.80. The second-order valence-corrected chi connectivity index (χ2v) is 5.18. The standard InChI is InChI=1S/C9H14N2.C9H12N2/c2*1-3-9(10)8-5-4-7(2)11-6-8/h4-6,9H,3,10H2,1-2H3;3-6H,10H2,1-2H3/b;9-3-. The van der Waals surface area contributed by atoms with Crippen molar-refractivity contribution < 1.29 is 0 Å². The lowest BCUT2D eigenvalue weighted by molar-refractivity contribution is 0.694. The van der Waals surface area contributed by atoms with Crippen LogP contribution in [-0.4, -0.2) is 9.97 Å². The van der Waals surface area contributed by atoms with Gasteiger partial charge in [0.05, 0.1) is 0 Å². The number of hydrogen-bond acceptors (Lipinski definition) is 4. The Bertz CT molecular complexity index is 585. The smallest absolute Gasteiger partial charge is 0.0373 e. The first-order valence-electron chi connectivity index (χ1n) is 7.50. The summed E-state index contributed by atoms with van der Waals surface area (Å²) < 4.78 is 0. The minimum absolute atomic E-state index is 0.142. The zero-order valence-corrected chi connectivity index (χ0v) is 13.9. The van der Waals surface area contributed by atoms with Gasteiger partial charge in [0.1, 0.15) is 0 Å². The molecule has 4 N–H and O–H groups in total. The van der Waals surface area contributed by atoms with Gasteiger partial charge in [-0.05, 0) is 51.0 Å². The van der Waals surface area contributed by atoms with E-state index in [1.54, 1.807) is 6.20 Å². The zero-order chi connectivity index (χ0) is 16.5. The Morgan fingerprint density at radius 3 is 2.09 bits per heavy atom. The summed E-state index contributed by atoms with van der Waals surface area (Å²) in [7, 11) is 0. The summed E-state index contributed by atoms with van der Waals surface area (Å²) >= 11 is 0. The molecule has 0 amide bonds. The number of hydrogen-bond donors (Lipinski definition) is 2. The highest BCUT2D eigenvalue weighted by Crippen LogP contribution is 2.11. The first kappa shape index (κ1) is 17.9. The van der Waals surface area contributed by atoms with Crippen LogP contribution in [0.3, 0.4) is 0 Å². The van der Waals surface area contributed by atoms with Crippen LogP contribution in [-0.2, 0) is 0 Å². The van der Waals surface area contributed by atoms with Crippen LogP contribution in [0, 0.1) is 13.8 Å². The normalized spacial score (nSPS) is 12.3. The second kappa shape index (κ2) is 8.95. The molecule has 0 aliphatic heterocycles. The summed E-state index contributed by atoms with van der Waals surface area (Å²) in [5.41, 5.74) is 16.4. The molecule has 0 aliphatic carbocycles. The van der Waals surface area contributed by atoms with Gasteiger partial charge in [-0.25, -0.2) is 0 Å². The number of allylic oxidation sites excluding steroid dienone is 1. The van der Waals surface area contributed by atoms with Crippen molar-refractivity contribution in [2.24, 2.45) is 11.5 Å². The highest BCUT2D eigenvalue weighted by molar-refractivity contribution is 5.61. The first-order valence-corrected chi connectivity index (χ1v) is 7.50. The minimum atomic E-state index is 0.142. The van der Waals surface area contributed by atoms with Crippen molar-refractivity contribution in [1.29, 1.82) is 0 Å². The van der Waals surface area contributed by atoms with Gasteiger partial charge in [-0.1, -0.05) is 19.1 Å². The number of aryl methyl sites for hydroxylation is 2. The third kappa shape index (κ3) is 5.66. The molecular weight excluding hydrogens is 272 g/mol. The van der Waals surface area contributed by atoms with Crippen molar-refractivity contribution in [3.05, 3.63) is 65.2 Å². The van der Waals surface area contributed by atoms with Gasteiger partial charge < -0.3 is 11.5 Å². The first-order chi connectivity index (χ1) is 10.5. The Morgan fingerprint density at radius 2 is 1.68 bits per heavy atom. The van der Waals surface area contributed by atoms with E-state index in [2.05, 4.69) is 16.9 Å². The van der Waals surface area contributed by atoms with E-state index in [0.29, 0.717) is 0 Å². The molecule has 0 fully saturated rings. The quantitative estimate of drug-likeness (QED) is 0.909. The van der Waals surface area contributed by atoms with Gasteiger partial charge in [0, 0.05) is 41.1 Å². The molecule has 0 spiro atoms. The summed E-state index contributed by atoms with van der Waals surface area (Å²) in [4.78, 5) is 8.30. The van der Waals surface area contributed by atoms with Gasteiger partial charge in [0.2, 0.25) is 0 Å². The predicted molar refractivity (Wildman–Crippen MR) is 93.0 cm³/mol. The van der Waals surface area contributed by atoms with Gasteiger partial charge >= 0.3 is 0 Å². The molecule has 0 saturated heterocycles. The maximum atomic E-state index is 5.80. The number of nitrogens with two attached hydrogens (primary N) is 2. The van der Waals surface area contributed by atoms with E-state index in [4.69, 9.17) is 11.5 Å². The van der Waals surface area contributed by atoms with E-state index in [1.165, 1.54) is 0 Å². The van der Waals surface area contributed by atoms with Crippen molar-refractivity contribution in [3.8, 4) is 0 Å². The molecule has 22 heavy (non-hydrogen) atoms. The van der Waals surface area contributed by atoms with Crippen LogP contribution in [0.4, 0.5) is 0 Å². The predicted octanol–water partition coefficient (Wildman–Crippen LogP) is 3.51. The Morgan fingerprint density at radius 1 is 1.09 bits per heavy atom. The van der Waals surface area contributed by atoms with Gasteiger partial charge in [-0.2, -0.15) is 0 Å². The molecule has 0 aromatic carbocycles. The topological polar surface area (TPSA) is 77.8 Å². The third-order valence-electron chi connectivity index (χ3n) is 3.36. The largest absolute Gasteiger partial charge is 0.398 e. The second-order valence-electron chi connectivity index (χ2n) is 5.18. The van der Waals surface area contributed by atoms with Gasteiger partial charge in [0.25, 0.3) is 0 Å². The Balaban J connectivity index is 0.000000220. The van der Waals surface area contributed by atoms with Crippen LogP contribution in [0.1, 0.15) is 48.8 Å². The fraction of sp³-hybridized carbons (Fsp3) is 0.333. The van der Waals surface area contributed by atoms with Gasteiger partial charge in [-0.3, -0.25) is 9.97 Å². The SMILES string of the molecule is C/C=C(\N)c1ccc(C)nc1.CCC(N)c1ccc(C)nc1. The van der Waals surface area contributed by atoms with Gasteiger partial charge in [-0.15, -0.1) is 0 Å². The molecule has 2 aromatic heterocycles. The summed E-state index contributed by atoms with van der Waals surface area (Å²) in [5.74, 6) is 0. The average molecular weight is 298 g/mol. The van der Waals surface area contributed by atoms with E-state index in [9.17, 15) is 0 Å². The third-order valence-corrected chi connectivity index (χ3v) is 3.36. The molecule has 0 aliphatic rings. The molecule has 4 heteroatoms. The van der Waals surface area contributed by atoms with Crippen LogP contribution in [0.5, 0.6) is 0 Å². The molecule has 2 heterocycles. The number of nitrogens with zero attached hydrogens (tertiary/aromatic N) is 2. The van der Waals surface area contributed by atoms with Crippen molar-refractivity contribution in [2.75, 3.05) is 0 Å². The lowest BCUT2D eigenvalue weighted by Gasteiger charge is -2.07. The molecule has 0 bridgehead atoms. The fourth-order valence-electron chi connectivity index (χ4n) is 1.74. The lowest BCUT2D eigenvalue weighted by Crippen LogP contribution is -2.08. The van der Waals surface area contributed by atoms with Crippen LogP contribution in [0.15, 0.2) is 42.7 Å². The lowest BCUT2D eigenvalue weighted by atomic mass is 10.1. The van der Waals surface area contributed by atoms with Crippen molar-refractivity contribution in [2.45, 2.75) is 40.2 Å². The molecule has 2 aromatic rings. The number of pyridine rings is 2. The maximum Gasteiger partial charge on any atom is 0.0373 e. The van der Waals surface area contributed by atoms with Crippen molar-refractivity contribution in [1.82, 2.24) is 9.97 Å². The Labute approximate surface area is 133 Å². The summed E-state index contributed by atoms with van der Waals surface area (Å²) in [5, 5.41) is 0. The van der Waals surface area contributed by atoms with E-state index in [-0.39, 0.29) is 6.04 Å². The van der Waals surface area contributed by atoms with E-state index >= 15 is 0 Å². The fourth-order valence-corrected chi connectivity index (χ4v) is 1.74. The van der Waals surface area contributed by atoms with Crippen LogP contribution >= 0.6 is 0 Å². The average Bonchev–Trinajstić information content (AvgIpc) is 2.55. The summed E-state index contributed by atoms with van der Waals surface area (Å²) in [6, 6.07) is 8.09. The summed E-state index contributed by atoms with van der Waals surface area (Å²) in [6.45, 7) is 7.91. The highest BCUT2D eigenvalue weighted by Gasteiger charge is 2.01. The molecule has 2 rings (SSSR count). The molecule has 1 unspecified atom stereocenters. The molecule has 118 valence electrons. The number of rotatable bonds is 3. The monoisotopic (exact) mass is 298 g/mol. The van der Waals surface area contributed by atoms with Crippen LogP contribution in [0.25, 0.3) is 5.70 Å². The summed E-state index contributed by atoms with van der Waals surface area (Å²) in [6.07, 6.45) is 6.46. The molecule has 1 atom stereocenters.